The summed E-state index contributed by atoms with van der Waals surface area (Å²) in [5.74, 6) is 1.89. The Morgan fingerprint density at radius 1 is 0.920 bits per heavy atom. The first-order chi connectivity index (χ1) is 12.2. The summed E-state index contributed by atoms with van der Waals surface area (Å²) in [5.41, 5.74) is 4.86. The lowest BCUT2D eigenvalue weighted by atomic mass is 9.99. The highest BCUT2D eigenvalue weighted by atomic mass is 16.6. The van der Waals surface area contributed by atoms with Crippen molar-refractivity contribution in [2.24, 2.45) is 0 Å². The van der Waals surface area contributed by atoms with E-state index in [1.807, 2.05) is 6.07 Å². The van der Waals surface area contributed by atoms with E-state index in [1.165, 1.54) is 16.7 Å². The minimum atomic E-state index is 0.273. The number of ether oxygens (including phenoxy) is 4. The van der Waals surface area contributed by atoms with Gasteiger partial charge in [-0.1, -0.05) is 24.3 Å². The minimum absolute atomic E-state index is 0.273. The number of hydrogen-bond donors (Lipinski definition) is 0. The zero-order valence-corrected chi connectivity index (χ0v) is 14.8. The molecule has 2 aromatic carbocycles. The van der Waals surface area contributed by atoms with Crippen LogP contribution in [-0.2, 0) is 15.9 Å². The van der Waals surface area contributed by atoms with E-state index in [0.717, 1.165) is 36.7 Å². The SMILES string of the molecule is Cc1ccc(Cc2cccc(OCC3CO3)c2C)cc1OCC1CO1. The zero-order valence-electron chi connectivity index (χ0n) is 14.8. The van der Waals surface area contributed by atoms with Crippen molar-refractivity contribution in [2.45, 2.75) is 32.5 Å². The molecule has 0 bridgehead atoms. The van der Waals surface area contributed by atoms with Crippen LogP contribution in [0.1, 0.15) is 22.3 Å². The molecule has 4 nitrogen and oxygen atoms in total. The van der Waals surface area contributed by atoms with Gasteiger partial charge < -0.3 is 18.9 Å². The Morgan fingerprint density at radius 2 is 1.60 bits per heavy atom. The molecule has 0 saturated carbocycles. The van der Waals surface area contributed by atoms with Gasteiger partial charge >= 0.3 is 0 Å². The van der Waals surface area contributed by atoms with Crippen molar-refractivity contribution < 1.29 is 18.9 Å². The molecule has 2 aliphatic rings. The van der Waals surface area contributed by atoms with Crippen molar-refractivity contribution in [1.82, 2.24) is 0 Å². The van der Waals surface area contributed by atoms with Crippen LogP contribution in [0.5, 0.6) is 11.5 Å². The Bertz CT molecular complexity index is 748. The molecule has 2 aromatic rings. The lowest BCUT2D eigenvalue weighted by molar-refractivity contribution is 0.261. The van der Waals surface area contributed by atoms with E-state index < -0.39 is 0 Å². The van der Waals surface area contributed by atoms with Crippen LogP contribution in [0, 0.1) is 13.8 Å². The van der Waals surface area contributed by atoms with E-state index in [-0.39, 0.29) is 12.2 Å². The van der Waals surface area contributed by atoms with Gasteiger partial charge in [-0.05, 0) is 54.7 Å². The molecule has 4 heteroatoms. The van der Waals surface area contributed by atoms with Crippen molar-refractivity contribution in [3.63, 3.8) is 0 Å². The summed E-state index contributed by atoms with van der Waals surface area (Å²) in [6, 6.07) is 12.7. The second-order valence-corrected chi connectivity index (χ2v) is 6.85. The summed E-state index contributed by atoms with van der Waals surface area (Å²) in [6.07, 6.45) is 1.41. The molecule has 0 N–H and O–H groups in total. The molecule has 2 heterocycles. The Kier molecular flexibility index (Phi) is 4.64. The van der Waals surface area contributed by atoms with Gasteiger partial charge in [0.25, 0.3) is 0 Å². The van der Waals surface area contributed by atoms with Crippen LogP contribution in [0.25, 0.3) is 0 Å². The third-order valence-electron chi connectivity index (χ3n) is 4.70. The average molecular weight is 340 g/mol. The number of aryl methyl sites for hydroxylation is 1. The Morgan fingerprint density at radius 3 is 2.28 bits per heavy atom. The molecule has 0 amide bonds. The molecule has 132 valence electrons. The first-order valence-electron chi connectivity index (χ1n) is 8.86. The molecule has 2 aliphatic heterocycles. The molecule has 0 aliphatic carbocycles. The molecular formula is C21H24O4. The van der Waals surface area contributed by atoms with E-state index in [0.29, 0.717) is 13.2 Å². The molecule has 0 aromatic heterocycles. The first-order valence-corrected chi connectivity index (χ1v) is 8.86. The number of rotatable bonds is 8. The summed E-state index contributed by atoms with van der Waals surface area (Å²) in [7, 11) is 0. The standard InChI is InChI=1S/C21H24O4/c1-14-6-7-16(9-21(14)25-13-19-11-23-19)8-17-4-3-5-20(15(17)2)24-12-18-10-22-18/h3-7,9,18-19H,8,10-13H2,1-2H3. The maximum Gasteiger partial charge on any atom is 0.122 e. The molecule has 0 radical (unpaired) electrons. The monoisotopic (exact) mass is 340 g/mol. The second kappa shape index (κ2) is 7.06. The maximum absolute atomic E-state index is 5.90. The lowest BCUT2D eigenvalue weighted by Gasteiger charge is -2.14. The second-order valence-electron chi connectivity index (χ2n) is 6.85. The molecule has 4 rings (SSSR count). The molecule has 2 unspecified atom stereocenters. The quantitative estimate of drug-likeness (QED) is 0.691. The summed E-state index contributed by atoms with van der Waals surface area (Å²) < 4.78 is 22.2. The van der Waals surface area contributed by atoms with E-state index >= 15 is 0 Å². The molecule has 0 spiro atoms. The largest absolute Gasteiger partial charge is 0.491 e. The fraction of sp³-hybridized carbons (Fsp3) is 0.429. The Balaban J connectivity index is 1.46. The van der Waals surface area contributed by atoms with E-state index in [2.05, 4.69) is 44.2 Å². The van der Waals surface area contributed by atoms with Crippen molar-refractivity contribution >= 4 is 0 Å². The van der Waals surface area contributed by atoms with E-state index in [1.54, 1.807) is 0 Å². The van der Waals surface area contributed by atoms with Crippen molar-refractivity contribution in [3.8, 4) is 11.5 Å². The van der Waals surface area contributed by atoms with Gasteiger partial charge in [0.1, 0.15) is 36.9 Å². The zero-order chi connectivity index (χ0) is 17.2. The third-order valence-corrected chi connectivity index (χ3v) is 4.70. The normalized spacial score (nSPS) is 21.0. The van der Waals surface area contributed by atoms with Crippen molar-refractivity contribution in [1.29, 1.82) is 0 Å². The van der Waals surface area contributed by atoms with E-state index in [9.17, 15) is 0 Å². The fourth-order valence-electron chi connectivity index (χ4n) is 2.83. The van der Waals surface area contributed by atoms with Gasteiger partial charge in [0.2, 0.25) is 0 Å². The molecular weight excluding hydrogens is 316 g/mol. The highest BCUT2D eigenvalue weighted by Gasteiger charge is 2.24. The van der Waals surface area contributed by atoms with Crippen molar-refractivity contribution in [2.75, 3.05) is 26.4 Å². The fourth-order valence-corrected chi connectivity index (χ4v) is 2.83. The van der Waals surface area contributed by atoms with Gasteiger partial charge in [-0.25, -0.2) is 0 Å². The summed E-state index contributed by atoms with van der Waals surface area (Å²) in [5, 5.41) is 0. The van der Waals surface area contributed by atoms with Gasteiger partial charge in [0, 0.05) is 0 Å². The highest BCUT2D eigenvalue weighted by Crippen LogP contribution is 2.27. The van der Waals surface area contributed by atoms with Crippen LogP contribution < -0.4 is 9.47 Å². The summed E-state index contributed by atoms with van der Waals surface area (Å²) >= 11 is 0. The Labute approximate surface area is 148 Å². The van der Waals surface area contributed by atoms with Gasteiger partial charge in [-0.15, -0.1) is 0 Å². The predicted octanol–water partition coefficient (Wildman–Crippen LogP) is 3.45. The van der Waals surface area contributed by atoms with Gasteiger partial charge in [0.05, 0.1) is 13.2 Å². The highest BCUT2D eigenvalue weighted by molar-refractivity contribution is 5.44. The van der Waals surface area contributed by atoms with Crippen LogP contribution in [-0.4, -0.2) is 38.6 Å². The number of benzene rings is 2. The maximum atomic E-state index is 5.90. The van der Waals surface area contributed by atoms with Crippen molar-refractivity contribution in [3.05, 3.63) is 58.7 Å². The molecule has 2 atom stereocenters. The van der Waals surface area contributed by atoms with Gasteiger partial charge in [-0.2, -0.15) is 0 Å². The Hall–Kier alpha value is -2.04. The predicted molar refractivity (Wildman–Crippen MR) is 95.6 cm³/mol. The van der Waals surface area contributed by atoms with Crippen LogP contribution in [0.4, 0.5) is 0 Å². The topological polar surface area (TPSA) is 43.5 Å². The van der Waals surface area contributed by atoms with Gasteiger partial charge in [-0.3, -0.25) is 0 Å². The third kappa shape index (κ3) is 4.33. The lowest BCUT2D eigenvalue weighted by Crippen LogP contribution is -2.06. The number of hydrogen-bond acceptors (Lipinski definition) is 4. The molecule has 2 saturated heterocycles. The molecule has 2 fully saturated rings. The summed E-state index contributed by atoms with van der Waals surface area (Å²) in [6.45, 7) is 7.10. The minimum Gasteiger partial charge on any atom is -0.491 e. The number of epoxide rings is 2. The van der Waals surface area contributed by atoms with Gasteiger partial charge in [0.15, 0.2) is 0 Å². The average Bonchev–Trinajstić information content (AvgIpc) is 3.51. The summed E-state index contributed by atoms with van der Waals surface area (Å²) in [4.78, 5) is 0. The van der Waals surface area contributed by atoms with Crippen LogP contribution in [0.3, 0.4) is 0 Å². The smallest absolute Gasteiger partial charge is 0.122 e. The first kappa shape index (κ1) is 16.4. The van der Waals surface area contributed by atoms with Crippen LogP contribution in [0.15, 0.2) is 36.4 Å². The van der Waals surface area contributed by atoms with Crippen LogP contribution in [0.2, 0.25) is 0 Å². The van der Waals surface area contributed by atoms with E-state index in [4.69, 9.17) is 18.9 Å². The molecule has 25 heavy (non-hydrogen) atoms. The van der Waals surface area contributed by atoms with Crippen LogP contribution >= 0.6 is 0 Å².